The normalized spacial score (nSPS) is 13.4. The molecule has 0 fully saturated rings. The van der Waals surface area contributed by atoms with Crippen molar-refractivity contribution in [3.63, 3.8) is 0 Å². The highest BCUT2D eigenvalue weighted by Gasteiger charge is 2.21. The Labute approximate surface area is 162 Å². The molecule has 0 bridgehead atoms. The van der Waals surface area contributed by atoms with Crippen LogP contribution in [0.5, 0.6) is 5.75 Å². The number of rotatable bonds is 3. The van der Waals surface area contributed by atoms with Crippen LogP contribution in [0.1, 0.15) is 21.5 Å². The molecule has 28 heavy (non-hydrogen) atoms. The lowest BCUT2D eigenvalue weighted by molar-refractivity contribution is 0.0733. The van der Waals surface area contributed by atoms with Gasteiger partial charge >= 0.3 is 0 Å². The third-order valence-electron chi connectivity index (χ3n) is 4.84. The first-order chi connectivity index (χ1) is 13.6. The minimum atomic E-state index is -0.310. The number of hydrogen-bond acceptors (Lipinski definition) is 3. The molecule has 1 heterocycles. The molecule has 0 saturated carbocycles. The van der Waals surface area contributed by atoms with E-state index in [1.54, 1.807) is 29.2 Å². The molecule has 0 radical (unpaired) electrons. The molecule has 5 heteroatoms. The van der Waals surface area contributed by atoms with Gasteiger partial charge in [-0.05, 0) is 53.1 Å². The largest absolute Gasteiger partial charge is 0.491 e. The number of ether oxygens (including phenoxy) is 1. The summed E-state index contributed by atoms with van der Waals surface area (Å²) in [5.74, 6) is 0.320. The summed E-state index contributed by atoms with van der Waals surface area (Å²) in [5, 5.41) is 9.37. The van der Waals surface area contributed by atoms with E-state index in [1.165, 1.54) is 12.1 Å². The van der Waals surface area contributed by atoms with Crippen molar-refractivity contribution < 1.29 is 19.0 Å². The number of hydrogen-bond donors (Lipinski definition) is 1. The van der Waals surface area contributed by atoms with E-state index >= 15 is 0 Å². The van der Waals surface area contributed by atoms with E-state index in [-0.39, 0.29) is 18.3 Å². The molecule has 1 aliphatic heterocycles. The Kier molecular flexibility index (Phi) is 5.08. The van der Waals surface area contributed by atoms with E-state index in [2.05, 4.69) is 0 Å². The quantitative estimate of drug-likeness (QED) is 0.750. The van der Waals surface area contributed by atoms with Crippen LogP contribution in [0.25, 0.3) is 11.1 Å². The predicted molar refractivity (Wildman–Crippen MR) is 104 cm³/mol. The zero-order valence-electron chi connectivity index (χ0n) is 15.3. The van der Waals surface area contributed by atoms with Crippen LogP contribution in [0.3, 0.4) is 0 Å². The number of fused-ring (bicyclic) bond motifs is 1. The third-order valence-corrected chi connectivity index (χ3v) is 4.84. The van der Waals surface area contributed by atoms with Crippen molar-refractivity contribution in [1.29, 1.82) is 0 Å². The van der Waals surface area contributed by atoms with Crippen LogP contribution < -0.4 is 4.74 Å². The molecule has 0 saturated heterocycles. The summed E-state index contributed by atoms with van der Waals surface area (Å²) in [6.07, 6.45) is 0. The molecule has 142 valence electrons. The van der Waals surface area contributed by atoms with E-state index in [0.29, 0.717) is 25.3 Å². The Bertz CT molecular complexity index is 1020. The predicted octanol–water partition coefficient (Wildman–Crippen LogP) is 4.02. The van der Waals surface area contributed by atoms with Crippen LogP contribution in [0, 0.1) is 5.82 Å². The number of benzene rings is 3. The molecular formula is C23H20FNO3. The van der Waals surface area contributed by atoms with Crippen molar-refractivity contribution in [3.8, 4) is 16.9 Å². The third kappa shape index (κ3) is 3.75. The summed E-state index contributed by atoms with van der Waals surface area (Å²) in [5.41, 5.74) is 3.72. The first kappa shape index (κ1) is 18.2. The summed E-state index contributed by atoms with van der Waals surface area (Å²) in [6.45, 7) is 1.22. The second kappa shape index (κ2) is 7.82. The number of nitrogens with zero attached hydrogens (tertiary/aromatic N) is 1. The molecule has 0 unspecified atom stereocenters. The first-order valence-electron chi connectivity index (χ1n) is 9.15. The summed E-state index contributed by atoms with van der Waals surface area (Å²) in [7, 11) is 0. The van der Waals surface area contributed by atoms with Crippen LogP contribution in [0.2, 0.25) is 0 Å². The Hall–Kier alpha value is -3.18. The Morgan fingerprint density at radius 2 is 1.82 bits per heavy atom. The molecule has 0 aliphatic carbocycles. The Balaban J connectivity index is 1.61. The highest BCUT2D eigenvalue weighted by atomic mass is 19.1. The van der Waals surface area contributed by atoms with Gasteiger partial charge in [-0.25, -0.2) is 4.39 Å². The molecule has 0 atom stereocenters. The Morgan fingerprint density at radius 3 is 2.61 bits per heavy atom. The molecule has 4 rings (SSSR count). The van der Waals surface area contributed by atoms with Crippen LogP contribution >= 0.6 is 0 Å². The van der Waals surface area contributed by atoms with E-state index in [0.717, 1.165) is 28.0 Å². The number of aliphatic hydroxyl groups excluding tert-OH is 1. The standard InChI is InChI=1S/C23H20FNO3/c24-21-6-2-4-18(13-21)17-3-1-5-19(12-17)23(27)25-9-10-28-22-8-7-16(15-26)11-20(22)14-25/h1-8,11-13,26H,9-10,14-15H2. The second-order valence-corrected chi connectivity index (χ2v) is 6.77. The van der Waals surface area contributed by atoms with Crippen LogP contribution in [-0.4, -0.2) is 29.1 Å². The van der Waals surface area contributed by atoms with Gasteiger partial charge in [-0.3, -0.25) is 4.79 Å². The van der Waals surface area contributed by atoms with Crippen LogP contribution in [0.4, 0.5) is 4.39 Å². The molecular weight excluding hydrogens is 357 g/mol. The summed E-state index contributed by atoms with van der Waals surface area (Å²) in [6, 6.07) is 19.1. The highest BCUT2D eigenvalue weighted by Crippen LogP contribution is 2.26. The zero-order valence-corrected chi connectivity index (χ0v) is 15.3. The van der Waals surface area contributed by atoms with Crippen molar-refractivity contribution in [1.82, 2.24) is 4.90 Å². The molecule has 3 aromatic rings. The maximum absolute atomic E-state index is 13.5. The lowest BCUT2D eigenvalue weighted by atomic mass is 10.0. The van der Waals surface area contributed by atoms with Gasteiger partial charge in [0.1, 0.15) is 18.2 Å². The monoisotopic (exact) mass is 377 g/mol. The average molecular weight is 377 g/mol. The number of aliphatic hydroxyl groups is 1. The van der Waals surface area contributed by atoms with Gasteiger partial charge in [0, 0.05) is 17.7 Å². The zero-order chi connectivity index (χ0) is 19.5. The van der Waals surface area contributed by atoms with E-state index in [1.807, 2.05) is 30.3 Å². The van der Waals surface area contributed by atoms with Crippen molar-refractivity contribution >= 4 is 5.91 Å². The molecule has 0 spiro atoms. The molecule has 4 nitrogen and oxygen atoms in total. The van der Waals surface area contributed by atoms with Gasteiger partial charge in [0.05, 0.1) is 13.2 Å². The maximum atomic E-state index is 13.5. The van der Waals surface area contributed by atoms with E-state index < -0.39 is 0 Å². The lowest BCUT2D eigenvalue weighted by Crippen LogP contribution is -2.32. The van der Waals surface area contributed by atoms with Crippen molar-refractivity contribution in [2.75, 3.05) is 13.2 Å². The van der Waals surface area contributed by atoms with E-state index in [9.17, 15) is 14.3 Å². The molecule has 1 aliphatic rings. The number of carbonyl (C=O) groups excluding carboxylic acids is 1. The molecule has 1 amide bonds. The second-order valence-electron chi connectivity index (χ2n) is 6.77. The van der Waals surface area contributed by atoms with Crippen LogP contribution in [-0.2, 0) is 13.2 Å². The lowest BCUT2D eigenvalue weighted by Gasteiger charge is -2.20. The van der Waals surface area contributed by atoms with Gasteiger partial charge in [0.2, 0.25) is 0 Å². The fourth-order valence-electron chi connectivity index (χ4n) is 3.40. The fraction of sp³-hybridized carbons (Fsp3) is 0.174. The number of halogens is 1. The highest BCUT2D eigenvalue weighted by molar-refractivity contribution is 5.95. The SMILES string of the molecule is O=C(c1cccc(-c2cccc(F)c2)c1)N1CCOc2ccc(CO)cc2C1. The van der Waals surface area contributed by atoms with Gasteiger partial charge in [-0.1, -0.05) is 30.3 Å². The first-order valence-corrected chi connectivity index (χ1v) is 9.15. The summed E-state index contributed by atoms with van der Waals surface area (Å²) < 4.78 is 19.3. The van der Waals surface area contributed by atoms with Gasteiger partial charge in [-0.15, -0.1) is 0 Å². The topological polar surface area (TPSA) is 49.8 Å². The average Bonchev–Trinajstić information content (AvgIpc) is 2.95. The summed E-state index contributed by atoms with van der Waals surface area (Å²) in [4.78, 5) is 14.8. The number of amides is 1. The van der Waals surface area contributed by atoms with Gasteiger partial charge in [-0.2, -0.15) is 0 Å². The van der Waals surface area contributed by atoms with Crippen LogP contribution in [0.15, 0.2) is 66.7 Å². The maximum Gasteiger partial charge on any atom is 0.254 e. The van der Waals surface area contributed by atoms with Crippen molar-refractivity contribution in [2.24, 2.45) is 0 Å². The van der Waals surface area contributed by atoms with Crippen molar-refractivity contribution in [3.05, 3.63) is 89.2 Å². The van der Waals surface area contributed by atoms with E-state index in [4.69, 9.17) is 4.74 Å². The molecule has 1 N–H and O–H groups in total. The van der Waals surface area contributed by atoms with Gasteiger partial charge in [0.25, 0.3) is 5.91 Å². The van der Waals surface area contributed by atoms with Gasteiger partial charge in [0.15, 0.2) is 0 Å². The van der Waals surface area contributed by atoms with Gasteiger partial charge < -0.3 is 14.7 Å². The summed E-state index contributed by atoms with van der Waals surface area (Å²) >= 11 is 0. The minimum absolute atomic E-state index is 0.0586. The smallest absolute Gasteiger partial charge is 0.254 e. The Morgan fingerprint density at radius 1 is 1.04 bits per heavy atom. The fourth-order valence-corrected chi connectivity index (χ4v) is 3.40. The minimum Gasteiger partial charge on any atom is -0.491 e. The number of carbonyl (C=O) groups is 1. The molecule has 0 aromatic heterocycles. The molecule has 3 aromatic carbocycles. The van der Waals surface area contributed by atoms with Crippen molar-refractivity contribution in [2.45, 2.75) is 13.2 Å².